The molecule has 32 heavy (non-hydrogen) atoms. The highest BCUT2D eigenvalue weighted by Crippen LogP contribution is 2.63. The van der Waals surface area contributed by atoms with Gasteiger partial charge in [-0.05, 0) is 60.7 Å². The van der Waals surface area contributed by atoms with Gasteiger partial charge < -0.3 is 10.0 Å². The van der Waals surface area contributed by atoms with Crippen molar-refractivity contribution in [2.75, 3.05) is 0 Å². The van der Waals surface area contributed by atoms with E-state index in [0.29, 0.717) is 5.46 Å². The molecular weight excluding hydrogens is 391 g/mol. The first kappa shape index (κ1) is 18.0. The highest BCUT2D eigenvalue weighted by atomic mass is 16.4. The summed E-state index contributed by atoms with van der Waals surface area (Å²) < 4.78 is 0. The number of hydrogen-bond acceptors (Lipinski definition) is 2. The Labute approximate surface area is 186 Å². The van der Waals surface area contributed by atoms with E-state index in [2.05, 4.69) is 91.0 Å². The number of hydrogen-bond donors (Lipinski definition) is 2. The first-order valence-corrected chi connectivity index (χ1v) is 10.9. The lowest BCUT2D eigenvalue weighted by Crippen LogP contribution is -2.40. The van der Waals surface area contributed by atoms with Gasteiger partial charge in [-0.1, -0.05) is 103 Å². The second-order valence-corrected chi connectivity index (χ2v) is 8.69. The fourth-order valence-electron chi connectivity index (χ4n) is 6.23. The second-order valence-electron chi connectivity index (χ2n) is 8.69. The first-order chi connectivity index (χ1) is 15.7. The van der Waals surface area contributed by atoms with Gasteiger partial charge in [-0.3, -0.25) is 0 Å². The topological polar surface area (TPSA) is 40.5 Å². The molecule has 7 rings (SSSR count). The normalized spacial score (nSPS) is 14.2. The van der Waals surface area contributed by atoms with Gasteiger partial charge in [0.15, 0.2) is 0 Å². The van der Waals surface area contributed by atoms with Gasteiger partial charge in [-0.25, -0.2) is 0 Å². The molecule has 1 spiro atoms. The minimum atomic E-state index is -1.55. The van der Waals surface area contributed by atoms with Crippen molar-refractivity contribution in [3.8, 4) is 22.3 Å². The van der Waals surface area contributed by atoms with Crippen molar-refractivity contribution in [3.63, 3.8) is 0 Å². The fraction of sp³-hybridized carbons (Fsp3) is 0.0345. The average molecular weight is 410 g/mol. The van der Waals surface area contributed by atoms with Gasteiger partial charge in [0.2, 0.25) is 0 Å². The maximum Gasteiger partial charge on any atom is 0.488 e. The molecule has 0 fully saturated rings. The molecule has 2 nitrogen and oxygen atoms in total. The summed E-state index contributed by atoms with van der Waals surface area (Å²) in [5.74, 6) is 0. The molecule has 3 heteroatoms. The summed E-state index contributed by atoms with van der Waals surface area (Å²) in [6.45, 7) is 0. The van der Waals surface area contributed by atoms with Crippen LogP contribution in [0.1, 0.15) is 22.3 Å². The summed E-state index contributed by atoms with van der Waals surface area (Å²) in [6.07, 6.45) is 0. The Morgan fingerprint density at radius 1 is 0.500 bits per heavy atom. The third-order valence-electron chi connectivity index (χ3n) is 7.30. The van der Waals surface area contributed by atoms with Crippen molar-refractivity contribution in [1.29, 1.82) is 0 Å². The van der Waals surface area contributed by atoms with Crippen molar-refractivity contribution in [3.05, 3.63) is 125 Å². The average Bonchev–Trinajstić information content (AvgIpc) is 3.31. The molecule has 2 N–H and O–H groups in total. The maximum absolute atomic E-state index is 10.5. The highest BCUT2D eigenvalue weighted by Gasteiger charge is 2.53. The van der Waals surface area contributed by atoms with Crippen molar-refractivity contribution >= 4 is 23.4 Å². The van der Waals surface area contributed by atoms with E-state index in [1.165, 1.54) is 38.6 Å². The van der Waals surface area contributed by atoms with E-state index in [4.69, 9.17) is 0 Å². The molecule has 5 aromatic carbocycles. The molecule has 0 heterocycles. The SMILES string of the molecule is OB(O)c1cccc2c1C1(c3ccccc3-c3ccccc31)c1c-2ccc2ccccc12. The summed E-state index contributed by atoms with van der Waals surface area (Å²) in [4.78, 5) is 0. The van der Waals surface area contributed by atoms with Gasteiger partial charge in [-0.15, -0.1) is 0 Å². The zero-order valence-electron chi connectivity index (χ0n) is 17.3. The summed E-state index contributed by atoms with van der Waals surface area (Å²) in [6, 6.07) is 35.9. The largest absolute Gasteiger partial charge is 0.488 e. The van der Waals surface area contributed by atoms with Crippen LogP contribution in [0.15, 0.2) is 103 Å². The Hall–Kier alpha value is -3.66. The lowest BCUT2D eigenvalue weighted by Gasteiger charge is -2.33. The Kier molecular flexibility index (Phi) is 3.48. The molecule has 150 valence electrons. The quantitative estimate of drug-likeness (QED) is 0.380. The van der Waals surface area contributed by atoms with Crippen molar-refractivity contribution in [1.82, 2.24) is 0 Å². The van der Waals surface area contributed by atoms with Crippen LogP contribution in [-0.4, -0.2) is 17.2 Å². The number of rotatable bonds is 1. The van der Waals surface area contributed by atoms with Crippen molar-refractivity contribution in [2.24, 2.45) is 0 Å². The molecule has 0 bridgehead atoms. The van der Waals surface area contributed by atoms with Crippen LogP contribution in [0.5, 0.6) is 0 Å². The third kappa shape index (κ3) is 1.98. The molecule has 2 aliphatic carbocycles. The van der Waals surface area contributed by atoms with Crippen LogP contribution in [0.4, 0.5) is 0 Å². The standard InChI is InChI=1S/C29H19BO2/c31-30(32)26-15-7-12-22-23-17-16-18-8-1-2-9-19(18)27(23)29(28(22)26)24-13-5-3-10-20(24)21-11-4-6-14-25(21)29/h1-17,31-32H. The zero-order chi connectivity index (χ0) is 21.4. The summed E-state index contributed by atoms with van der Waals surface area (Å²) in [7, 11) is -1.55. The van der Waals surface area contributed by atoms with Crippen molar-refractivity contribution < 1.29 is 10.0 Å². The molecule has 0 aromatic heterocycles. The number of fused-ring (bicyclic) bond motifs is 12. The predicted molar refractivity (Wildman–Crippen MR) is 130 cm³/mol. The van der Waals surface area contributed by atoms with Crippen LogP contribution in [-0.2, 0) is 5.41 Å². The van der Waals surface area contributed by atoms with Crippen LogP contribution in [0.2, 0.25) is 0 Å². The van der Waals surface area contributed by atoms with Crippen LogP contribution in [0, 0.1) is 0 Å². The second kappa shape index (κ2) is 6.20. The van der Waals surface area contributed by atoms with Crippen LogP contribution >= 0.6 is 0 Å². The van der Waals surface area contributed by atoms with E-state index < -0.39 is 12.5 Å². The molecule has 5 aromatic rings. The van der Waals surface area contributed by atoms with E-state index >= 15 is 0 Å². The molecule has 0 amide bonds. The number of benzene rings is 5. The lowest BCUT2D eigenvalue weighted by molar-refractivity contribution is 0.425. The van der Waals surface area contributed by atoms with E-state index in [0.717, 1.165) is 16.7 Å². The molecule has 0 aliphatic heterocycles. The minimum Gasteiger partial charge on any atom is -0.423 e. The molecule has 0 unspecified atom stereocenters. The molecule has 0 saturated heterocycles. The lowest BCUT2D eigenvalue weighted by atomic mass is 9.63. The molecule has 2 aliphatic rings. The third-order valence-corrected chi connectivity index (χ3v) is 7.30. The summed E-state index contributed by atoms with van der Waals surface area (Å²) >= 11 is 0. The monoisotopic (exact) mass is 410 g/mol. The summed E-state index contributed by atoms with van der Waals surface area (Å²) in [5, 5.41) is 23.3. The molecular formula is C29H19BO2. The molecule has 0 atom stereocenters. The van der Waals surface area contributed by atoms with Gasteiger partial charge in [-0.2, -0.15) is 0 Å². The Morgan fingerprint density at radius 2 is 1.09 bits per heavy atom. The van der Waals surface area contributed by atoms with Crippen LogP contribution in [0.25, 0.3) is 33.0 Å². The Balaban J connectivity index is 1.79. The minimum absolute atomic E-state index is 0.564. The first-order valence-electron chi connectivity index (χ1n) is 10.9. The van der Waals surface area contributed by atoms with Crippen molar-refractivity contribution in [2.45, 2.75) is 5.41 Å². The van der Waals surface area contributed by atoms with E-state index in [9.17, 15) is 10.0 Å². The predicted octanol–water partition coefficient (Wildman–Crippen LogP) is 4.86. The van der Waals surface area contributed by atoms with Crippen LogP contribution in [0.3, 0.4) is 0 Å². The van der Waals surface area contributed by atoms with Gasteiger partial charge in [0.05, 0.1) is 5.41 Å². The van der Waals surface area contributed by atoms with E-state index in [1.807, 2.05) is 12.1 Å². The highest BCUT2D eigenvalue weighted by molar-refractivity contribution is 6.59. The van der Waals surface area contributed by atoms with Gasteiger partial charge >= 0.3 is 7.12 Å². The van der Waals surface area contributed by atoms with E-state index in [-0.39, 0.29) is 0 Å². The van der Waals surface area contributed by atoms with Crippen LogP contribution < -0.4 is 5.46 Å². The van der Waals surface area contributed by atoms with E-state index in [1.54, 1.807) is 0 Å². The Morgan fingerprint density at radius 3 is 1.81 bits per heavy atom. The molecule has 0 saturated carbocycles. The smallest absolute Gasteiger partial charge is 0.423 e. The van der Waals surface area contributed by atoms with Gasteiger partial charge in [0.25, 0.3) is 0 Å². The maximum atomic E-state index is 10.5. The van der Waals surface area contributed by atoms with Gasteiger partial charge in [0, 0.05) is 0 Å². The summed E-state index contributed by atoms with van der Waals surface area (Å²) in [5.41, 5.74) is 9.23. The fourth-order valence-corrected chi connectivity index (χ4v) is 6.23. The Bertz CT molecular complexity index is 1520. The zero-order valence-corrected chi connectivity index (χ0v) is 17.3. The molecule has 0 radical (unpaired) electrons. The van der Waals surface area contributed by atoms with Gasteiger partial charge in [0.1, 0.15) is 0 Å².